The van der Waals surface area contributed by atoms with Gasteiger partial charge in [0.15, 0.2) is 0 Å². The first kappa shape index (κ1) is 18.6. The molecular weight excluding hydrogens is 374 g/mol. The summed E-state index contributed by atoms with van der Waals surface area (Å²) in [5.74, 6) is 1.13. The number of hydrogen-bond acceptors (Lipinski definition) is 6. The largest absolute Gasteiger partial charge is 0.496 e. The molecule has 3 aromatic rings. The highest BCUT2D eigenvalue weighted by Gasteiger charge is 2.30. The average molecular weight is 395 g/mol. The van der Waals surface area contributed by atoms with Gasteiger partial charge in [-0.2, -0.15) is 0 Å². The summed E-state index contributed by atoms with van der Waals surface area (Å²) in [4.78, 5) is 15.0. The monoisotopic (exact) mass is 395 g/mol. The molecule has 7 heteroatoms. The third-order valence-electron chi connectivity index (χ3n) is 4.71. The van der Waals surface area contributed by atoms with Crippen molar-refractivity contribution in [2.24, 2.45) is 0 Å². The van der Waals surface area contributed by atoms with Gasteiger partial charge < -0.3 is 14.1 Å². The van der Waals surface area contributed by atoms with E-state index in [-0.39, 0.29) is 5.91 Å². The molecule has 1 fully saturated rings. The van der Waals surface area contributed by atoms with E-state index in [9.17, 15) is 4.79 Å². The quantitative estimate of drug-likeness (QED) is 0.583. The fourth-order valence-electron chi connectivity index (χ4n) is 3.28. The molecule has 0 aliphatic carbocycles. The lowest BCUT2D eigenvalue weighted by Gasteiger charge is -2.22. The highest BCUT2D eigenvalue weighted by Crippen LogP contribution is 2.38. The Kier molecular flexibility index (Phi) is 5.62. The molecule has 1 atom stereocenters. The third kappa shape index (κ3) is 3.89. The minimum atomic E-state index is -0.412. The second-order valence-corrected chi connectivity index (χ2v) is 7.57. The molecule has 0 saturated carbocycles. The summed E-state index contributed by atoms with van der Waals surface area (Å²) >= 11 is 1.29. The van der Waals surface area contributed by atoms with E-state index < -0.39 is 5.25 Å². The molecule has 1 amide bonds. The number of carbonyl (C=O) groups excluding carboxylic acids is 1. The predicted molar refractivity (Wildman–Crippen MR) is 107 cm³/mol. The molecule has 6 nitrogen and oxygen atoms in total. The standard InChI is InChI=1S/C21H21N3O3S/c1-26-17-12-6-5-11-16(17)19-22-23-21(27-19)28-18(15-9-3-2-4-10-15)20(25)24-13-7-8-14-24/h2-6,9-12,18H,7-8,13-14H2,1H3. The van der Waals surface area contributed by atoms with Gasteiger partial charge in [-0.15, -0.1) is 10.2 Å². The summed E-state index contributed by atoms with van der Waals surface area (Å²) in [6.07, 6.45) is 2.10. The lowest BCUT2D eigenvalue weighted by Crippen LogP contribution is -2.31. The van der Waals surface area contributed by atoms with E-state index in [1.807, 2.05) is 59.5 Å². The number of nitrogens with zero attached hydrogens (tertiary/aromatic N) is 3. The fourth-order valence-corrected chi connectivity index (χ4v) is 4.24. The first-order chi connectivity index (χ1) is 13.8. The normalized spacial score (nSPS) is 14.8. The van der Waals surface area contributed by atoms with Gasteiger partial charge in [0.05, 0.1) is 12.7 Å². The van der Waals surface area contributed by atoms with E-state index in [0.717, 1.165) is 37.1 Å². The minimum absolute atomic E-state index is 0.0886. The first-order valence-electron chi connectivity index (χ1n) is 9.23. The van der Waals surface area contributed by atoms with Gasteiger partial charge in [0, 0.05) is 13.1 Å². The highest BCUT2D eigenvalue weighted by molar-refractivity contribution is 8.00. The van der Waals surface area contributed by atoms with Gasteiger partial charge in [-0.05, 0) is 42.3 Å². The van der Waals surface area contributed by atoms with Crippen LogP contribution in [0.25, 0.3) is 11.5 Å². The molecule has 2 aromatic carbocycles. The summed E-state index contributed by atoms with van der Waals surface area (Å²) in [5.41, 5.74) is 1.66. The number of ether oxygens (including phenoxy) is 1. The maximum Gasteiger partial charge on any atom is 0.277 e. The average Bonchev–Trinajstić information content (AvgIpc) is 3.44. The van der Waals surface area contributed by atoms with Crippen LogP contribution < -0.4 is 4.74 Å². The number of carbonyl (C=O) groups is 1. The SMILES string of the molecule is COc1ccccc1-c1nnc(SC(C(=O)N2CCCC2)c2ccccc2)o1. The Morgan fingerprint density at radius 2 is 1.79 bits per heavy atom. The maximum absolute atomic E-state index is 13.1. The number of methoxy groups -OCH3 is 1. The Labute approximate surface area is 167 Å². The van der Waals surface area contributed by atoms with E-state index >= 15 is 0 Å². The van der Waals surface area contributed by atoms with Gasteiger partial charge in [0.1, 0.15) is 11.0 Å². The van der Waals surface area contributed by atoms with Crippen LogP contribution in [0.3, 0.4) is 0 Å². The lowest BCUT2D eigenvalue weighted by atomic mass is 10.1. The molecule has 1 unspecified atom stereocenters. The van der Waals surface area contributed by atoms with Crippen molar-refractivity contribution in [1.29, 1.82) is 0 Å². The predicted octanol–water partition coefficient (Wildman–Crippen LogP) is 4.20. The Morgan fingerprint density at radius 3 is 2.54 bits per heavy atom. The minimum Gasteiger partial charge on any atom is -0.496 e. The Morgan fingerprint density at radius 1 is 1.07 bits per heavy atom. The molecule has 1 aliphatic rings. The molecular formula is C21H21N3O3S. The number of para-hydroxylation sites is 1. The van der Waals surface area contributed by atoms with Crippen LogP contribution >= 0.6 is 11.8 Å². The second kappa shape index (κ2) is 8.48. The van der Waals surface area contributed by atoms with Gasteiger partial charge in [0.25, 0.3) is 11.1 Å². The second-order valence-electron chi connectivity index (χ2n) is 6.51. The van der Waals surface area contributed by atoms with Crippen LogP contribution in [0, 0.1) is 0 Å². The van der Waals surface area contributed by atoms with Gasteiger partial charge in [-0.25, -0.2) is 0 Å². The molecule has 1 aliphatic heterocycles. The summed E-state index contributed by atoms with van der Waals surface area (Å²) in [6, 6.07) is 17.2. The third-order valence-corrected chi connectivity index (χ3v) is 5.78. The molecule has 2 heterocycles. The molecule has 0 radical (unpaired) electrons. The summed E-state index contributed by atoms with van der Waals surface area (Å²) in [6.45, 7) is 1.61. The number of thioether (sulfide) groups is 1. The van der Waals surface area contributed by atoms with Crippen molar-refractivity contribution in [1.82, 2.24) is 15.1 Å². The molecule has 0 bridgehead atoms. The molecule has 28 heavy (non-hydrogen) atoms. The zero-order chi connectivity index (χ0) is 19.3. The van der Waals surface area contributed by atoms with Gasteiger partial charge >= 0.3 is 0 Å². The zero-order valence-electron chi connectivity index (χ0n) is 15.6. The van der Waals surface area contributed by atoms with Crippen molar-refractivity contribution < 1.29 is 13.9 Å². The smallest absolute Gasteiger partial charge is 0.277 e. The molecule has 1 aromatic heterocycles. The number of benzene rings is 2. The van der Waals surface area contributed by atoms with Crippen molar-refractivity contribution in [3.8, 4) is 17.2 Å². The number of amides is 1. The van der Waals surface area contributed by atoms with E-state index in [0.29, 0.717) is 16.9 Å². The lowest BCUT2D eigenvalue weighted by molar-refractivity contribution is -0.129. The van der Waals surface area contributed by atoms with Crippen molar-refractivity contribution in [3.05, 3.63) is 60.2 Å². The zero-order valence-corrected chi connectivity index (χ0v) is 16.4. The van der Waals surface area contributed by atoms with E-state index in [2.05, 4.69) is 10.2 Å². The molecule has 1 saturated heterocycles. The topological polar surface area (TPSA) is 68.5 Å². The van der Waals surface area contributed by atoms with E-state index in [1.54, 1.807) is 7.11 Å². The van der Waals surface area contributed by atoms with Crippen LogP contribution in [-0.2, 0) is 4.79 Å². The number of hydrogen-bond donors (Lipinski definition) is 0. The Hall–Kier alpha value is -2.80. The van der Waals surface area contributed by atoms with Crippen LogP contribution in [0.4, 0.5) is 0 Å². The van der Waals surface area contributed by atoms with Gasteiger partial charge in [0.2, 0.25) is 5.91 Å². The van der Waals surface area contributed by atoms with Crippen LogP contribution in [0.2, 0.25) is 0 Å². The van der Waals surface area contributed by atoms with Crippen LogP contribution in [0.15, 0.2) is 64.2 Å². The summed E-state index contributed by atoms with van der Waals surface area (Å²) in [7, 11) is 1.60. The number of aromatic nitrogens is 2. The number of rotatable bonds is 6. The fraction of sp³-hybridized carbons (Fsp3) is 0.286. The van der Waals surface area contributed by atoms with Gasteiger partial charge in [-0.1, -0.05) is 42.5 Å². The van der Waals surface area contributed by atoms with Crippen molar-refractivity contribution >= 4 is 17.7 Å². The van der Waals surface area contributed by atoms with Crippen molar-refractivity contribution in [3.63, 3.8) is 0 Å². The van der Waals surface area contributed by atoms with Crippen LogP contribution in [-0.4, -0.2) is 41.2 Å². The number of likely N-dealkylation sites (tertiary alicyclic amines) is 1. The Balaban J connectivity index is 1.61. The Bertz CT molecular complexity index is 939. The summed E-state index contributed by atoms with van der Waals surface area (Å²) in [5, 5.41) is 8.27. The first-order valence-corrected chi connectivity index (χ1v) is 10.1. The van der Waals surface area contributed by atoms with Crippen LogP contribution in [0.1, 0.15) is 23.7 Å². The molecule has 0 N–H and O–H groups in total. The van der Waals surface area contributed by atoms with Crippen LogP contribution in [0.5, 0.6) is 5.75 Å². The van der Waals surface area contributed by atoms with Gasteiger partial charge in [-0.3, -0.25) is 4.79 Å². The summed E-state index contributed by atoms with van der Waals surface area (Å²) < 4.78 is 11.2. The maximum atomic E-state index is 13.1. The van der Waals surface area contributed by atoms with E-state index in [4.69, 9.17) is 9.15 Å². The molecule has 0 spiro atoms. The van der Waals surface area contributed by atoms with Crippen molar-refractivity contribution in [2.75, 3.05) is 20.2 Å². The van der Waals surface area contributed by atoms with E-state index in [1.165, 1.54) is 11.8 Å². The van der Waals surface area contributed by atoms with Crippen molar-refractivity contribution in [2.45, 2.75) is 23.3 Å². The molecule has 144 valence electrons. The highest BCUT2D eigenvalue weighted by atomic mass is 32.2. The molecule has 4 rings (SSSR count).